The summed E-state index contributed by atoms with van der Waals surface area (Å²) < 4.78 is 18.2. The van der Waals surface area contributed by atoms with Gasteiger partial charge in [-0.1, -0.05) is 0 Å². The SMILES string of the molecule is CC(C)(C)OC(=O)[C@@](C)(N)c1ccc(F)cc1[N+](=O)[O-]. The molecule has 0 saturated heterocycles. The average molecular weight is 284 g/mol. The average Bonchev–Trinajstić information content (AvgIpc) is 2.25. The fourth-order valence-corrected chi connectivity index (χ4v) is 1.59. The second kappa shape index (κ2) is 5.16. The standard InChI is InChI=1S/C13H17FN2O4/c1-12(2,3)20-11(17)13(4,15)9-6-5-8(14)7-10(9)16(18)19/h5-7H,15H2,1-4H3/t13-/m0/s1. The van der Waals surface area contributed by atoms with Crippen molar-refractivity contribution >= 4 is 11.7 Å². The minimum atomic E-state index is -1.75. The van der Waals surface area contributed by atoms with E-state index in [1.54, 1.807) is 20.8 Å². The maximum Gasteiger partial charge on any atom is 0.331 e. The fourth-order valence-electron chi connectivity index (χ4n) is 1.59. The van der Waals surface area contributed by atoms with E-state index in [0.29, 0.717) is 0 Å². The molecule has 0 aliphatic heterocycles. The van der Waals surface area contributed by atoms with Crippen LogP contribution < -0.4 is 5.73 Å². The van der Waals surface area contributed by atoms with Gasteiger partial charge in [0, 0.05) is 0 Å². The van der Waals surface area contributed by atoms with Crippen molar-refractivity contribution < 1.29 is 18.8 Å². The van der Waals surface area contributed by atoms with Gasteiger partial charge in [0.05, 0.1) is 16.6 Å². The molecule has 1 rings (SSSR count). The van der Waals surface area contributed by atoms with Crippen LogP contribution in [-0.4, -0.2) is 16.5 Å². The second-order valence-electron chi connectivity index (χ2n) is 5.62. The second-order valence-corrected chi connectivity index (χ2v) is 5.62. The Bertz CT molecular complexity index is 550. The van der Waals surface area contributed by atoms with Gasteiger partial charge in [-0.2, -0.15) is 0 Å². The number of carbonyl (C=O) groups is 1. The van der Waals surface area contributed by atoms with Crippen LogP contribution in [0.5, 0.6) is 0 Å². The Hall–Kier alpha value is -2.02. The topological polar surface area (TPSA) is 95.5 Å². The van der Waals surface area contributed by atoms with Gasteiger partial charge in [0.1, 0.15) is 17.0 Å². The van der Waals surface area contributed by atoms with Crippen LogP contribution in [0.15, 0.2) is 18.2 Å². The minimum Gasteiger partial charge on any atom is -0.458 e. The van der Waals surface area contributed by atoms with E-state index in [0.717, 1.165) is 18.2 Å². The number of nitrogens with zero attached hydrogens (tertiary/aromatic N) is 1. The van der Waals surface area contributed by atoms with Crippen LogP contribution in [0.25, 0.3) is 0 Å². The van der Waals surface area contributed by atoms with E-state index in [9.17, 15) is 19.3 Å². The van der Waals surface area contributed by atoms with Crippen molar-refractivity contribution in [1.82, 2.24) is 0 Å². The third-order valence-electron chi connectivity index (χ3n) is 2.54. The summed E-state index contributed by atoms with van der Waals surface area (Å²) in [5.74, 6) is -1.60. The highest BCUT2D eigenvalue weighted by Crippen LogP contribution is 2.30. The van der Waals surface area contributed by atoms with Gasteiger partial charge in [-0.15, -0.1) is 0 Å². The molecule has 1 aromatic carbocycles. The fraction of sp³-hybridized carbons (Fsp3) is 0.462. The molecule has 1 aromatic rings. The highest BCUT2D eigenvalue weighted by Gasteiger charge is 2.40. The number of halogens is 1. The number of hydrogen-bond acceptors (Lipinski definition) is 5. The van der Waals surface area contributed by atoms with E-state index in [1.807, 2.05) is 0 Å². The molecule has 110 valence electrons. The van der Waals surface area contributed by atoms with Crippen molar-refractivity contribution in [3.63, 3.8) is 0 Å². The third-order valence-corrected chi connectivity index (χ3v) is 2.54. The van der Waals surface area contributed by atoms with Crippen LogP contribution in [0.3, 0.4) is 0 Å². The number of nitro benzene ring substituents is 1. The Morgan fingerprint density at radius 1 is 1.35 bits per heavy atom. The molecular weight excluding hydrogens is 267 g/mol. The van der Waals surface area contributed by atoms with Gasteiger partial charge in [-0.3, -0.25) is 10.1 Å². The monoisotopic (exact) mass is 284 g/mol. The molecule has 7 heteroatoms. The Morgan fingerprint density at radius 3 is 2.35 bits per heavy atom. The summed E-state index contributed by atoms with van der Waals surface area (Å²) in [5, 5.41) is 11.0. The molecule has 0 aliphatic rings. The van der Waals surface area contributed by atoms with Crippen molar-refractivity contribution in [3.05, 3.63) is 39.7 Å². The first-order valence-electron chi connectivity index (χ1n) is 5.92. The number of hydrogen-bond donors (Lipinski definition) is 1. The number of nitrogens with two attached hydrogens (primary N) is 1. The smallest absolute Gasteiger partial charge is 0.331 e. The molecule has 0 radical (unpaired) electrons. The van der Waals surface area contributed by atoms with E-state index in [2.05, 4.69) is 0 Å². The van der Waals surface area contributed by atoms with Crippen molar-refractivity contribution in [1.29, 1.82) is 0 Å². The zero-order chi connectivity index (χ0) is 15.7. The van der Waals surface area contributed by atoms with E-state index >= 15 is 0 Å². The molecule has 0 unspecified atom stereocenters. The molecule has 0 spiro atoms. The maximum atomic E-state index is 13.1. The van der Waals surface area contributed by atoms with Crippen molar-refractivity contribution in [2.75, 3.05) is 0 Å². The van der Waals surface area contributed by atoms with Gasteiger partial charge in [0.25, 0.3) is 5.69 Å². The zero-order valence-electron chi connectivity index (χ0n) is 11.8. The lowest BCUT2D eigenvalue weighted by atomic mass is 9.91. The van der Waals surface area contributed by atoms with Gasteiger partial charge in [-0.25, -0.2) is 9.18 Å². The molecule has 0 heterocycles. The number of esters is 1. The van der Waals surface area contributed by atoms with Crippen LogP contribution in [-0.2, 0) is 15.1 Å². The maximum absolute atomic E-state index is 13.1. The largest absolute Gasteiger partial charge is 0.458 e. The zero-order valence-corrected chi connectivity index (χ0v) is 11.8. The highest BCUT2D eigenvalue weighted by molar-refractivity contribution is 5.83. The summed E-state index contributed by atoms with van der Waals surface area (Å²) in [6, 6.07) is 2.86. The number of benzene rings is 1. The molecule has 2 N–H and O–H groups in total. The van der Waals surface area contributed by atoms with E-state index < -0.39 is 33.5 Å². The van der Waals surface area contributed by atoms with Gasteiger partial charge < -0.3 is 10.5 Å². The van der Waals surface area contributed by atoms with Gasteiger partial charge in [0.15, 0.2) is 0 Å². The lowest BCUT2D eigenvalue weighted by Gasteiger charge is -2.28. The number of carbonyl (C=O) groups excluding carboxylic acids is 1. The van der Waals surface area contributed by atoms with Crippen LogP contribution in [0.2, 0.25) is 0 Å². The van der Waals surface area contributed by atoms with E-state index in [-0.39, 0.29) is 5.56 Å². The van der Waals surface area contributed by atoms with Crippen LogP contribution in [0, 0.1) is 15.9 Å². The molecule has 6 nitrogen and oxygen atoms in total. The lowest BCUT2D eigenvalue weighted by Crippen LogP contribution is -2.46. The summed E-state index contributed by atoms with van der Waals surface area (Å²) in [5.41, 5.74) is 2.69. The molecule has 0 aromatic heterocycles. The van der Waals surface area contributed by atoms with Crippen LogP contribution in [0.4, 0.5) is 10.1 Å². The molecule has 0 amide bonds. The molecule has 0 saturated carbocycles. The Balaban J connectivity index is 3.28. The molecule has 0 aliphatic carbocycles. The van der Waals surface area contributed by atoms with Crippen molar-refractivity contribution in [2.45, 2.75) is 38.8 Å². The first-order valence-corrected chi connectivity index (χ1v) is 5.92. The molecule has 20 heavy (non-hydrogen) atoms. The minimum absolute atomic E-state index is 0.0989. The summed E-state index contributed by atoms with van der Waals surface area (Å²) in [4.78, 5) is 22.3. The van der Waals surface area contributed by atoms with Crippen LogP contribution >= 0.6 is 0 Å². The Morgan fingerprint density at radius 2 is 1.90 bits per heavy atom. The predicted molar refractivity (Wildman–Crippen MR) is 70.4 cm³/mol. The van der Waals surface area contributed by atoms with E-state index in [4.69, 9.17) is 10.5 Å². The lowest BCUT2D eigenvalue weighted by molar-refractivity contribution is -0.386. The molecule has 0 fully saturated rings. The van der Waals surface area contributed by atoms with Crippen molar-refractivity contribution in [2.24, 2.45) is 5.73 Å². The van der Waals surface area contributed by atoms with E-state index in [1.165, 1.54) is 6.92 Å². The number of rotatable bonds is 3. The number of ether oxygens (including phenoxy) is 1. The summed E-state index contributed by atoms with van der Waals surface area (Å²) in [6.45, 7) is 6.25. The van der Waals surface area contributed by atoms with Gasteiger partial charge >= 0.3 is 5.97 Å². The first-order chi connectivity index (χ1) is 8.95. The van der Waals surface area contributed by atoms with Gasteiger partial charge in [0.2, 0.25) is 0 Å². The Kier molecular flexibility index (Phi) is 4.14. The quantitative estimate of drug-likeness (QED) is 0.521. The number of nitro groups is 1. The molecular formula is C13H17FN2O4. The normalized spacial score (nSPS) is 14.5. The summed E-state index contributed by atoms with van der Waals surface area (Å²) in [7, 11) is 0. The molecule has 1 atom stereocenters. The molecule has 0 bridgehead atoms. The first kappa shape index (κ1) is 16.0. The highest BCUT2D eigenvalue weighted by atomic mass is 19.1. The summed E-state index contributed by atoms with van der Waals surface area (Å²) >= 11 is 0. The summed E-state index contributed by atoms with van der Waals surface area (Å²) in [6.07, 6.45) is 0. The van der Waals surface area contributed by atoms with Crippen molar-refractivity contribution in [3.8, 4) is 0 Å². The third kappa shape index (κ3) is 3.51. The van der Waals surface area contributed by atoms with Crippen LogP contribution in [0.1, 0.15) is 33.3 Å². The predicted octanol–water partition coefficient (Wildman–Crippen LogP) is 2.25. The van der Waals surface area contributed by atoms with Gasteiger partial charge in [-0.05, 0) is 39.8 Å². The Labute approximate surface area is 115 Å².